The van der Waals surface area contributed by atoms with E-state index in [9.17, 15) is 4.79 Å². The lowest BCUT2D eigenvalue weighted by molar-refractivity contribution is 0.0493. The van der Waals surface area contributed by atoms with E-state index in [1.165, 1.54) is 6.26 Å². The summed E-state index contributed by atoms with van der Waals surface area (Å²) in [5.41, 5.74) is 1.83. The van der Waals surface area contributed by atoms with E-state index in [1.807, 2.05) is 35.2 Å². The van der Waals surface area contributed by atoms with Gasteiger partial charge in [0.1, 0.15) is 5.76 Å². The molecule has 2 aromatic heterocycles. The maximum atomic E-state index is 13.0. The van der Waals surface area contributed by atoms with Gasteiger partial charge in [-0.1, -0.05) is 12.1 Å². The Morgan fingerprint density at radius 2 is 1.90 bits per heavy atom. The molecule has 6 nitrogen and oxygen atoms in total. The van der Waals surface area contributed by atoms with Crippen LogP contribution in [0.4, 0.5) is 0 Å². The summed E-state index contributed by atoms with van der Waals surface area (Å²) in [6, 6.07) is 17.2. The van der Waals surface area contributed by atoms with Crippen LogP contribution in [0.5, 0.6) is 0 Å². The number of carbonyl (C=O) groups excluding carboxylic acids is 1. The molecule has 3 aromatic rings. The van der Waals surface area contributed by atoms with Crippen LogP contribution < -0.4 is 0 Å². The zero-order chi connectivity index (χ0) is 20.1. The first-order valence-corrected chi connectivity index (χ1v) is 9.81. The average molecular weight is 389 g/mol. The molecule has 3 heterocycles. The van der Waals surface area contributed by atoms with Gasteiger partial charge >= 0.3 is 0 Å². The summed E-state index contributed by atoms with van der Waals surface area (Å²) in [5, 5.41) is 9.08. The van der Waals surface area contributed by atoms with E-state index in [2.05, 4.69) is 17.0 Å². The van der Waals surface area contributed by atoms with Crippen LogP contribution in [0.2, 0.25) is 0 Å². The van der Waals surface area contributed by atoms with Crippen molar-refractivity contribution in [2.24, 2.45) is 0 Å². The summed E-state index contributed by atoms with van der Waals surface area (Å²) in [4.78, 5) is 17.3. The van der Waals surface area contributed by atoms with Crippen molar-refractivity contribution in [2.75, 3.05) is 13.1 Å². The fourth-order valence-electron chi connectivity index (χ4n) is 3.87. The molecule has 148 valence electrons. The van der Waals surface area contributed by atoms with Gasteiger partial charge in [-0.3, -0.25) is 9.69 Å². The van der Waals surface area contributed by atoms with Gasteiger partial charge in [-0.25, -0.2) is 0 Å². The molecule has 0 radical (unpaired) electrons. The second kappa shape index (κ2) is 8.80. The molecule has 1 aliphatic heterocycles. The Kier molecular flexibility index (Phi) is 5.78. The molecule has 1 amide bonds. The van der Waals surface area contributed by atoms with Crippen LogP contribution in [0.3, 0.4) is 0 Å². The van der Waals surface area contributed by atoms with E-state index in [-0.39, 0.29) is 11.9 Å². The third kappa shape index (κ3) is 4.58. The van der Waals surface area contributed by atoms with Gasteiger partial charge in [-0.2, -0.15) is 5.26 Å². The van der Waals surface area contributed by atoms with Gasteiger partial charge < -0.3 is 13.7 Å². The van der Waals surface area contributed by atoms with E-state index in [0.29, 0.717) is 17.9 Å². The topological polar surface area (TPSA) is 73.6 Å². The van der Waals surface area contributed by atoms with Gasteiger partial charge in [0.25, 0.3) is 5.91 Å². The van der Waals surface area contributed by atoms with Crippen molar-refractivity contribution in [1.29, 1.82) is 5.26 Å². The molecule has 1 saturated heterocycles. The highest BCUT2D eigenvalue weighted by Gasteiger charge is 2.30. The van der Waals surface area contributed by atoms with Crippen molar-refractivity contribution < 1.29 is 13.6 Å². The lowest BCUT2D eigenvalue weighted by Gasteiger charge is -2.38. The van der Waals surface area contributed by atoms with Gasteiger partial charge in [0, 0.05) is 25.7 Å². The van der Waals surface area contributed by atoms with Crippen LogP contribution in [0, 0.1) is 11.3 Å². The Morgan fingerprint density at radius 1 is 1.10 bits per heavy atom. The monoisotopic (exact) mass is 389 g/mol. The Balaban J connectivity index is 1.42. The lowest BCUT2D eigenvalue weighted by atomic mass is 10.0. The second-order valence-electron chi connectivity index (χ2n) is 7.31. The summed E-state index contributed by atoms with van der Waals surface area (Å²) in [6.07, 6.45) is 4.91. The number of benzene rings is 1. The fourth-order valence-corrected chi connectivity index (χ4v) is 3.87. The predicted octanol–water partition coefficient (Wildman–Crippen LogP) is 4.05. The molecule has 4 rings (SSSR count). The molecule has 0 N–H and O–H groups in total. The van der Waals surface area contributed by atoms with E-state index >= 15 is 0 Å². The normalized spacial score (nSPS) is 15.1. The molecule has 0 spiro atoms. The maximum absolute atomic E-state index is 13.0. The molecule has 6 heteroatoms. The average Bonchev–Trinajstić information content (AvgIpc) is 3.47. The molecule has 0 bridgehead atoms. The molecular weight excluding hydrogens is 366 g/mol. The van der Waals surface area contributed by atoms with E-state index in [1.54, 1.807) is 18.4 Å². The second-order valence-corrected chi connectivity index (χ2v) is 7.31. The van der Waals surface area contributed by atoms with Crippen molar-refractivity contribution in [2.45, 2.75) is 32.0 Å². The van der Waals surface area contributed by atoms with Gasteiger partial charge in [0.2, 0.25) is 0 Å². The minimum absolute atomic E-state index is 0.105. The zero-order valence-corrected chi connectivity index (χ0v) is 16.2. The number of hydrogen-bond acceptors (Lipinski definition) is 5. The largest absolute Gasteiger partial charge is 0.467 e. The van der Waals surface area contributed by atoms with Crippen molar-refractivity contribution in [3.05, 3.63) is 83.7 Å². The van der Waals surface area contributed by atoms with Crippen molar-refractivity contribution in [3.63, 3.8) is 0 Å². The first-order valence-electron chi connectivity index (χ1n) is 9.81. The first-order chi connectivity index (χ1) is 14.2. The Hall–Kier alpha value is -3.30. The van der Waals surface area contributed by atoms with Crippen LogP contribution >= 0.6 is 0 Å². The van der Waals surface area contributed by atoms with Crippen molar-refractivity contribution >= 4 is 5.91 Å². The molecule has 1 aromatic carbocycles. The Bertz CT molecular complexity index is 965. The smallest absolute Gasteiger partial charge is 0.290 e. The number of rotatable bonds is 6. The summed E-state index contributed by atoms with van der Waals surface area (Å²) in [5.74, 6) is 1.01. The van der Waals surface area contributed by atoms with Gasteiger partial charge in [-0.05, 0) is 54.8 Å². The quantitative estimate of drug-likeness (QED) is 0.636. The van der Waals surface area contributed by atoms with Crippen LogP contribution in [0.25, 0.3) is 0 Å². The summed E-state index contributed by atoms with van der Waals surface area (Å²) in [7, 11) is 0. The molecule has 0 atom stereocenters. The highest BCUT2D eigenvalue weighted by atomic mass is 16.3. The van der Waals surface area contributed by atoms with Crippen molar-refractivity contribution in [1.82, 2.24) is 9.80 Å². The number of likely N-dealkylation sites (tertiary alicyclic amines) is 1. The zero-order valence-electron chi connectivity index (χ0n) is 16.2. The SMILES string of the molecule is N#Cc1cccc(CN2CCC(N(Cc3ccco3)C(=O)c3ccco3)CC2)c1. The highest BCUT2D eigenvalue weighted by Crippen LogP contribution is 2.23. The number of amides is 1. The predicted molar refractivity (Wildman–Crippen MR) is 107 cm³/mol. The van der Waals surface area contributed by atoms with Gasteiger partial charge in [0.15, 0.2) is 5.76 Å². The Morgan fingerprint density at radius 3 is 2.59 bits per heavy atom. The van der Waals surface area contributed by atoms with Crippen LogP contribution in [0.15, 0.2) is 69.9 Å². The maximum Gasteiger partial charge on any atom is 0.290 e. The molecule has 1 fully saturated rings. The Labute approximate surface area is 169 Å². The molecule has 0 saturated carbocycles. The van der Waals surface area contributed by atoms with Crippen LogP contribution in [0.1, 0.15) is 40.3 Å². The number of furan rings is 2. The van der Waals surface area contributed by atoms with Crippen LogP contribution in [-0.4, -0.2) is 34.8 Å². The number of hydrogen-bond donors (Lipinski definition) is 0. The first kappa shape index (κ1) is 19.0. The number of nitriles is 1. The number of piperidine rings is 1. The lowest BCUT2D eigenvalue weighted by Crippen LogP contribution is -2.46. The van der Waals surface area contributed by atoms with Gasteiger partial charge in [-0.15, -0.1) is 0 Å². The molecule has 0 unspecified atom stereocenters. The van der Waals surface area contributed by atoms with E-state index < -0.39 is 0 Å². The highest BCUT2D eigenvalue weighted by molar-refractivity contribution is 5.91. The minimum atomic E-state index is -0.105. The van der Waals surface area contributed by atoms with Gasteiger partial charge in [0.05, 0.1) is 30.7 Å². The molecule has 0 aliphatic carbocycles. The molecule has 29 heavy (non-hydrogen) atoms. The summed E-state index contributed by atoms with van der Waals surface area (Å²) >= 11 is 0. The standard InChI is InChI=1S/C23H23N3O3/c24-15-18-4-1-5-19(14-18)16-25-10-8-20(9-11-25)26(17-21-6-2-12-28-21)23(27)22-7-3-13-29-22/h1-7,12-14,20H,8-11,16-17H2. The summed E-state index contributed by atoms with van der Waals surface area (Å²) < 4.78 is 10.8. The van der Waals surface area contributed by atoms with Crippen LogP contribution in [-0.2, 0) is 13.1 Å². The number of nitrogens with zero attached hydrogens (tertiary/aromatic N) is 3. The third-order valence-electron chi connectivity index (χ3n) is 5.36. The fraction of sp³-hybridized carbons (Fsp3) is 0.304. The van der Waals surface area contributed by atoms with E-state index in [0.717, 1.165) is 43.8 Å². The van der Waals surface area contributed by atoms with E-state index in [4.69, 9.17) is 14.1 Å². The molecular formula is C23H23N3O3. The minimum Gasteiger partial charge on any atom is -0.467 e. The van der Waals surface area contributed by atoms with Crippen molar-refractivity contribution in [3.8, 4) is 6.07 Å². The summed E-state index contributed by atoms with van der Waals surface area (Å²) in [6.45, 7) is 3.02. The third-order valence-corrected chi connectivity index (χ3v) is 5.36. The number of carbonyl (C=O) groups is 1. The molecule has 1 aliphatic rings.